The minimum atomic E-state index is -3.17. The molecule has 2 unspecified atom stereocenters. The summed E-state index contributed by atoms with van der Waals surface area (Å²) in [6.07, 6.45) is 2.17. The van der Waals surface area contributed by atoms with Crippen LogP contribution in [-0.4, -0.2) is 26.0 Å². The minimum Gasteiger partial charge on any atom is -0.309 e. The molecule has 0 radical (unpaired) electrons. The monoisotopic (exact) mass is 363 g/mol. The van der Waals surface area contributed by atoms with Gasteiger partial charge < -0.3 is 5.32 Å². The normalized spacial score (nSPS) is 23.4. The quantitative estimate of drug-likeness (QED) is 0.893. The van der Waals surface area contributed by atoms with Gasteiger partial charge in [0, 0.05) is 5.56 Å². The second kappa shape index (κ2) is 6.54. The van der Waals surface area contributed by atoms with Crippen LogP contribution in [0, 0.1) is 5.82 Å². The van der Waals surface area contributed by atoms with Gasteiger partial charge in [-0.05, 0) is 41.4 Å². The predicted molar refractivity (Wildman–Crippen MR) is 81.9 cm³/mol. The fourth-order valence-electron chi connectivity index (χ4n) is 2.78. The summed E-state index contributed by atoms with van der Waals surface area (Å²) >= 11 is 3.17. The average Bonchev–Trinajstić information content (AvgIpc) is 2.40. The summed E-state index contributed by atoms with van der Waals surface area (Å²) < 4.78 is 39.3. The van der Waals surface area contributed by atoms with Gasteiger partial charge in [0.15, 0.2) is 9.84 Å². The Bertz CT molecular complexity index is 577. The van der Waals surface area contributed by atoms with Crippen molar-refractivity contribution in [2.45, 2.75) is 37.5 Å². The Balaban J connectivity index is 2.43. The molecule has 1 N–H and O–H groups in total. The van der Waals surface area contributed by atoms with Gasteiger partial charge in [0.2, 0.25) is 0 Å². The molecular formula is C14H19BrFNO2S. The molecule has 1 aliphatic rings. The van der Waals surface area contributed by atoms with E-state index in [1.165, 1.54) is 0 Å². The highest BCUT2D eigenvalue weighted by atomic mass is 79.9. The number of benzene rings is 1. The van der Waals surface area contributed by atoms with Crippen molar-refractivity contribution in [2.75, 3.05) is 12.3 Å². The van der Waals surface area contributed by atoms with Crippen LogP contribution in [0.15, 0.2) is 22.7 Å². The summed E-state index contributed by atoms with van der Waals surface area (Å²) in [6.45, 7) is 2.50. The van der Waals surface area contributed by atoms with Crippen molar-refractivity contribution in [2.24, 2.45) is 0 Å². The van der Waals surface area contributed by atoms with Crippen LogP contribution in [0.1, 0.15) is 37.8 Å². The van der Waals surface area contributed by atoms with Crippen molar-refractivity contribution in [3.63, 3.8) is 0 Å². The largest absolute Gasteiger partial charge is 0.309 e. The zero-order valence-electron chi connectivity index (χ0n) is 11.4. The highest BCUT2D eigenvalue weighted by Gasteiger charge is 2.37. The summed E-state index contributed by atoms with van der Waals surface area (Å²) in [7, 11) is -3.17. The molecule has 1 heterocycles. The SMILES string of the molecule is CCNC(c1cccc(Br)c1F)C1CCCCS1(=O)=O. The molecule has 112 valence electrons. The Morgan fingerprint density at radius 1 is 1.45 bits per heavy atom. The first kappa shape index (κ1) is 15.9. The standard InChI is InChI=1S/C14H19BrFNO2S/c1-2-17-14(10-6-5-7-11(15)13(10)16)12-8-3-4-9-20(12,18)19/h5-7,12,14,17H,2-4,8-9H2,1H3. The first-order valence-corrected chi connectivity index (χ1v) is 9.37. The van der Waals surface area contributed by atoms with Gasteiger partial charge >= 0.3 is 0 Å². The van der Waals surface area contributed by atoms with Crippen LogP contribution in [0.4, 0.5) is 4.39 Å². The molecule has 0 aliphatic carbocycles. The highest BCUT2D eigenvalue weighted by molar-refractivity contribution is 9.10. The van der Waals surface area contributed by atoms with Gasteiger partial charge in [-0.25, -0.2) is 12.8 Å². The third-order valence-electron chi connectivity index (χ3n) is 3.74. The lowest BCUT2D eigenvalue weighted by Gasteiger charge is -2.31. The van der Waals surface area contributed by atoms with Crippen LogP contribution >= 0.6 is 15.9 Å². The number of sulfone groups is 1. The molecule has 1 aromatic rings. The van der Waals surface area contributed by atoms with Gasteiger partial charge in [0.1, 0.15) is 5.82 Å². The van der Waals surface area contributed by atoms with E-state index in [1.54, 1.807) is 18.2 Å². The lowest BCUT2D eigenvalue weighted by atomic mass is 9.99. The predicted octanol–water partition coefficient (Wildman–Crippen LogP) is 3.21. The van der Waals surface area contributed by atoms with Crippen LogP contribution in [0.2, 0.25) is 0 Å². The zero-order chi connectivity index (χ0) is 14.8. The van der Waals surface area contributed by atoms with E-state index >= 15 is 0 Å². The maximum atomic E-state index is 14.3. The molecule has 1 aliphatic heterocycles. The maximum absolute atomic E-state index is 14.3. The highest BCUT2D eigenvalue weighted by Crippen LogP contribution is 2.33. The Hall–Kier alpha value is -0.460. The van der Waals surface area contributed by atoms with E-state index in [0.717, 1.165) is 6.42 Å². The van der Waals surface area contributed by atoms with E-state index in [-0.39, 0.29) is 11.6 Å². The fraction of sp³-hybridized carbons (Fsp3) is 0.571. The summed E-state index contributed by atoms with van der Waals surface area (Å²) in [6, 6.07) is 4.54. The molecule has 0 aromatic heterocycles. The zero-order valence-corrected chi connectivity index (χ0v) is 13.8. The lowest BCUT2D eigenvalue weighted by molar-refractivity contribution is 0.439. The van der Waals surface area contributed by atoms with E-state index in [2.05, 4.69) is 21.2 Å². The molecular weight excluding hydrogens is 345 g/mol. The van der Waals surface area contributed by atoms with Crippen LogP contribution in [0.25, 0.3) is 0 Å². The number of hydrogen-bond acceptors (Lipinski definition) is 3. The second-order valence-electron chi connectivity index (χ2n) is 5.08. The number of nitrogens with one attached hydrogen (secondary N) is 1. The molecule has 6 heteroatoms. The van der Waals surface area contributed by atoms with Crippen molar-refractivity contribution in [1.29, 1.82) is 0 Å². The lowest BCUT2D eigenvalue weighted by Crippen LogP contribution is -2.41. The van der Waals surface area contributed by atoms with E-state index in [0.29, 0.717) is 29.4 Å². The molecule has 2 atom stereocenters. The summed E-state index contributed by atoms with van der Waals surface area (Å²) in [5, 5.41) is 2.61. The Morgan fingerprint density at radius 2 is 2.20 bits per heavy atom. The summed E-state index contributed by atoms with van der Waals surface area (Å²) in [5.41, 5.74) is 0.428. The molecule has 1 saturated heterocycles. The van der Waals surface area contributed by atoms with Crippen molar-refractivity contribution < 1.29 is 12.8 Å². The smallest absolute Gasteiger partial charge is 0.155 e. The minimum absolute atomic E-state index is 0.204. The number of halogens is 2. The third-order valence-corrected chi connectivity index (χ3v) is 6.64. The van der Waals surface area contributed by atoms with Crippen LogP contribution in [0.3, 0.4) is 0 Å². The Morgan fingerprint density at radius 3 is 2.85 bits per heavy atom. The first-order valence-electron chi connectivity index (χ1n) is 6.86. The van der Waals surface area contributed by atoms with Gasteiger partial charge in [-0.2, -0.15) is 0 Å². The van der Waals surface area contributed by atoms with E-state index < -0.39 is 21.1 Å². The maximum Gasteiger partial charge on any atom is 0.155 e. The van der Waals surface area contributed by atoms with Crippen molar-refractivity contribution in [1.82, 2.24) is 5.32 Å². The average molecular weight is 364 g/mol. The summed E-state index contributed by atoms with van der Waals surface area (Å²) in [5.74, 6) is -0.172. The molecule has 1 fully saturated rings. The Kier molecular flexibility index (Phi) is 5.20. The van der Waals surface area contributed by atoms with E-state index in [9.17, 15) is 12.8 Å². The van der Waals surface area contributed by atoms with Gasteiger partial charge in [-0.15, -0.1) is 0 Å². The van der Waals surface area contributed by atoms with Crippen molar-refractivity contribution >= 4 is 25.8 Å². The van der Waals surface area contributed by atoms with Gasteiger partial charge in [0.25, 0.3) is 0 Å². The number of hydrogen-bond donors (Lipinski definition) is 1. The molecule has 1 aromatic carbocycles. The van der Waals surface area contributed by atoms with Crippen LogP contribution in [-0.2, 0) is 9.84 Å². The van der Waals surface area contributed by atoms with Gasteiger partial charge in [-0.1, -0.05) is 25.5 Å². The van der Waals surface area contributed by atoms with Crippen LogP contribution < -0.4 is 5.32 Å². The molecule has 0 spiro atoms. The third kappa shape index (κ3) is 3.23. The molecule has 0 saturated carbocycles. The molecule has 3 nitrogen and oxygen atoms in total. The van der Waals surface area contributed by atoms with E-state index in [1.807, 2.05) is 6.92 Å². The molecule has 0 amide bonds. The molecule has 2 rings (SSSR count). The topological polar surface area (TPSA) is 46.2 Å². The first-order chi connectivity index (χ1) is 9.47. The second-order valence-corrected chi connectivity index (χ2v) is 8.27. The number of rotatable bonds is 4. The fourth-order valence-corrected chi connectivity index (χ4v) is 5.25. The van der Waals surface area contributed by atoms with E-state index in [4.69, 9.17) is 0 Å². The Labute approximate surface area is 128 Å². The van der Waals surface area contributed by atoms with Crippen molar-refractivity contribution in [3.05, 3.63) is 34.1 Å². The van der Waals surface area contributed by atoms with Crippen molar-refractivity contribution in [3.8, 4) is 0 Å². The summed E-state index contributed by atoms with van der Waals surface area (Å²) in [4.78, 5) is 0. The molecule has 20 heavy (non-hydrogen) atoms. The van der Waals surface area contributed by atoms with Gasteiger partial charge in [0.05, 0.1) is 21.5 Å². The van der Waals surface area contributed by atoms with Gasteiger partial charge in [-0.3, -0.25) is 0 Å². The molecule has 0 bridgehead atoms. The van der Waals surface area contributed by atoms with Crippen LogP contribution in [0.5, 0.6) is 0 Å².